The second-order valence-electron chi connectivity index (χ2n) is 7.90. The molecule has 0 aromatic heterocycles. The molecule has 1 unspecified atom stereocenters. The minimum atomic E-state index is -3.93. The van der Waals surface area contributed by atoms with Crippen LogP contribution in [0.2, 0.25) is 5.02 Å². The van der Waals surface area contributed by atoms with E-state index in [1.54, 1.807) is 20.8 Å². The summed E-state index contributed by atoms with van der Waals surface area (Å²) in [7, 11) is -3.93. The number of carbonyl (C=O) groups is 2. The van der Waals surface area contributed by atoms with E-state index in [0.29, 0.717) is 0 Å². The summed E-state index contributed by atoms with van der Waals surface area (Å²) in [4.78, 5) is 24.5. The van der Waals surface area contributed by atoms with Gasteiger partial charge in [-0.3, -0.25) is 4.79 Å². The van der Waals surface area contributed by atoms with Crippen molar-refractivity contribution < 1.29 is 36.6 Å². The van der Waals surface area contributed by atoms with Crippen LogP contribution >= 0.6 is 11.6 Å². The van der Waals surface area contributed by atoms with Crippen molar-refractivity contribution in [2.24, 2.45) is 5.92 Å². The third kappa shape index (κ3) is 5.39. The van der Waals surface area contributed by atoms with Crippen molar-refractivity contribution in [3.63, 3.8) is 0 Å². The molecular formula is C22H25ClFNO7S. The van der Waals surface area contributed by atoms with Gasteiger partial charge in [-0.15, -0.1) is 0 Å². The molecule has 2 aliphatic heterocycles. The van der Waals surface area contributed by atoms with Gasteiger partial charge in [0.05, 0.1) is 47.0 Å². The van der Waals surface area contributed by atoms with Crippen LogP contribution in [0.5, 0.6) is 0 Å². The molecule has 0 saturated heterocycles. The number of carbonyl (C=O) groups excluding carboxylic acids is 2. The predicted octanol–water partition coefficient (Wildman–Crippen LogP) is 2.84. The smallest absolute Gasteiger partial charge is 0.336 e. The van der Waals surface area contributed by atoms with E-state index in [-0.39, 0.29) is 70.6 Å². The lowest BCUT2D eigenvalue weighted by atomic mass is 9.86. The maximum Gasteiger partial charge on any atom is 0.336 e. The fraction of sp³-hybridized carbons (Fsp3) is 0.455. The summed E-state index contributed by atoms with van der Waals surface area (Å²) in [5, 5.41) is 2.88. The zero-order valence-corrected chi connectivity index (χ0v) is 20.0. The van der Waals surface area contributed by atoms with Crippen LogP contribution in [0.4, 0.5) is 4.39 Å². The van der Waals surface area contributed by atoms with Gasteiger partial charge in [-0.25, -0.2) is 17.6 Å². The third-order valence-electron chi connectivity index (χ3n) is 5.21. The van der Waals surface area contributed by atoms with E-state index >= 15 is 0 Å². The van der Waals surface area contributed by atoms with Crippen LogP contribution in [-0.4, -0.2) is 52.5 Å². The molecule has 0 bridgehead atoms. The number of ether oxygens (including phenoxy) is 3. The van der Waals surface area contributed by atoms with Gasteiger partial charge < -0.3 is 19.5 Å². The first-order valence-corrected chi connectivity index (χ1v) is 12.4. The Morgan fingerprint density at radius 1 is 1.27 bits per heavy atom. The van der Waals surface area contributed by atoms with Crippen molar-refractivity contribution in [1.29, 1.82) is 0 Å². The molecule has 11 heteroatoms. The van der Waals surface area contributed by atoms with Crippen LogP contribution in [0.1, 0.15) is 32.3 Å². The summed E-state index contributed by atoms with van der Waals surface area (Å²) in [6.45, 7) is 4.36. The van der Waals surface area contributed by atoms with Crippen LogP contribution in [0.15, 0.2) is 40.1 Å². The first-order chi connectivity index (χ1) is 15.5. The molecule has 180 valence electrons. The zero-order valence-electron chi connectivity index (χ0n) is 18.4. The summed E-state index contributed by atoms with van der Waals surface area (Å²) in [6, 6.07) is 3.96. The maximum absolute atomic E-state index is 15.0. The van der Waals surface area contributed by atoms with Crippen LogP contribution in [-0.2, 0) is 33.6 Å². The Morgan fingerprint density at radius 2 is 1.97 bits per heavy atom. The molecule has 0 aliphatic carbocycles. The topological polar surface area (TPSA) is 108 Å². The monoisotopic (exact) mass is 501 g/mol. The lowest BCUT2D eigenvalue weighted by Gasteiger charge is -2.31. The summed E-state index contributed by atoms with van der Waals surface area (Å²) in [5.74, 6) is -4.08. The van der Waals surface area contributed by atoms with Crippen molar-refractivity contribution in [2.45, 2.75) is 26.7 Å². The van der Waals surface area contributed by atoms with Gasteiger partial charge in [0.15, 0.2) is 9.84 Å². The van der Waals surface area contributed by atoms with E-state index in [0.717, 1.165) is 6.07 Å². The highest BCUT2D eigenvalue weighted by molar-refractivity contribution is 7.95. The largest absolute Gasteiger partial charge is 0.462 e. The minimum Gasteiger partial charge on any atom is -0.462 e. The van der Waals surface area contributed by atoms with Crippen molar-refractivity contribution in [3.8, 4) is 0 Å². The highest BCUT2D eigenvalue weighted by Crippen LogP contribution is 2.45. The molecule has 3 rings (SSSR count). The highest BCUT2D eigenvalue weighted by atomic mass is 35.5. The van der Waals surface area contributed by atoms with Crippen LogP contribution in [0.3, 0.4) is 0 Å². The molecular weight excluding hydrogens is 477 g/mol. The number of sulfone groups is 1. The number of benzene rings is 1. The van der Waals surface area contributed by atoms with E-state index < -0.39 is 33.5 Å². The van der Waals surface area contributed by atoms with Crippen molar-refractivity contribution >= 4 is 33.4 Å². The molecule has 1 N–H and O–H groups in total. The molecule has 0 saturated carbocycles. The van der Waals surface area contributed by atoms with Crippen LogP contribution < -0.4 is 5.32 Å². The van der Waals surface area contributed by atoms with Gasteiger partial charge >= 0.3 is 11.9 Å². The number of dihydropyridines is 1. The lowest BCUT2D eigenvalue weighted by Crippen LogP contribution is -2.34. The molecule has 0 amide bonds. The number of halogens is 2. The second kappa shape index (κ2) is 10.2. The Morgan fingerprint density at radius 3 is 2.64 bits per heavy atom. The Balaban J connectivity index is 2.01. The van der Waals surface area contributed by atoms with E-state index in [2.05, 4.69) is 5.32 Å². The molecule has 1 aromatic rings. The van der Waals surface area contributed by atoms with Gasteiger partial charge in [-0.05, 0) is 19.1 Å². The number of hydrogen-bond acceptors (Lipinski definition) is 8. The lowest BCUT2D eigenvalue weighted by molar-refractivity contribution is -0.152. The van der Waals surface area contributed by atoms with Crippen molar-refractivity contribution in [2.75, 3.05) is 32.2 Å². The molecule has 0 radical (unpaired) electrons. The molecule has 1 aromatic carbocycles. The number of allylic oxidation sites excluding steroid dienone is 2. The van der Waals surface area contributed by atoms with Crippen LogP contribution in [0.25, 0.3) is 0 Å². The Hall–Kier alpha value is -2.43. The molecule has 33 heavy (non-hydrogen) atoms. The Kier molecular flexibility index (Phi) is 7.81. The Bertz CT molecular complexity index is 1110. The fourth-order valence-corrected chi connectivity index (χ4v) is 5.57. The Labute approximate surface area is 196 Å². The summed E-state index contributed by atoms with van der Waals surface area (Å²) >= 11 is 6.30. The van der Waals surface area contributed by atoms with E-state index in [4.69, 9.17) is 25.8 Å². The quantitative estimate of drug-likeness (QED) is 0.468. The standard InChI is InChI=1S/C22H25ClFNO7S/c1-12(2)21(26)31-7-8-32-22(27)17-13(3)25-16-11-30-9-10-33(28,29)20(16)19(17)18-14(23)5-4-6-15(18)24/h4-6,12,19,25H,7-11H2,1-3H3. The predicted molar refractivity (Wildman–Crippen MR) is 118 cm³/mol. The van der Waals surface area contributed by atoms with Crippen LogP contribution in [0, 0.1) is 11.7 Å². The summed E-state index contributed by atoms with van der Waals surface area (Å²) in [6.07, 6.45) is 0. The minimum absolute atomic E-state index is 0.0296. The second-order valence-corrected chi connectivity index (χ2v) is 10.4. The van der Waals surface area contributed by atoms with Gasteiger partial charge in [0.25, 0.3) is 0 Å². The number of nitrogens with one attached hydrogen (secondary N) is 1. The maximum atomic E-state index is 15.0. The SMILES string of the molecule is CC1=C(C(=O)OCCOC(=O)C(C)C)C(c2c(F)cccc2Cl)C2=C(COCCS2(=O)=O)N1. The average molecular weight is 502 g/mol. The average Bonchev–Trinajstić information content (AvgIpc) is 2.87. The van der Waals surface area contributed by atoms with Gasteiger partial charge in [-0.1, -0.05) is 31.5 Å². The highest BCUT2D eigenvalue weighted by Gasteiger charge is 2.43. The third-order valence-corrected chi connectivity index (χ3v) is 7.39. The summed E-state index contributed by atoms with van der Waals surface area (Å²) < 4.78 is 56.9. The van der Waals surface area contributed by atoms with Gasteiger partial charge in [-0.2, -0.15) is 0 Å². The van der Waals surface area contributed by atoms with E-state index in [1.165, 1.54) is 12.1 Å². The van der Waals surface area contributed by atoms with Gasteiger partial charge in [0, 0.05) is 16.3 Å². The fourth-order valence-electron chi connectivity index (χ4n) is 3.66. The van der Waals surface area contributed by atoms with Gasteiger partial charge in [0.1, 0.15) is 19.0 Å². The summed E-state index contributed by atoms with van der Waals surface area (Å²) in [5.41, 5.74) is 0.261. The van der Waals surface area contributed by atoms with E-state index in [1.807, 2.05) is 0 Å². The molecule has 0 spiro atoms. The first-order valence-electron chi connectivity index (χ1n) is 10.3. The molecule has 8 nitrogen and oxygen atoms in total. The molecule has 0 fully saturated rings. The normalized spacial score (nSPS) is 20.1. The first kappa shape index (κ1) is 25.2. The number of rotatable bonds is 6. The van der Waals surface area contributed by atoms with Crippen molar-refractivity contribution in [1.82, 2.24) is 5.32 Å². The number of esters is 2. The van der Waals surface area contributed by atoms with E-state index in [9.17, 15) is 22.4 Å². The van der Waals surface area contributed by atoms with Gasteiger partial charge in [0.2, 0.25) is 0 Å². The molecule has 2 aliphatic rings. The number of hydrogen-bond donors (Lipinski definition) is 1. The zero-order chi connectivity index (χ0) is 24.3. The molecule has 2 heterocycles. The molecule has 1 atom stereocenters. The van der Waals surface area contributed by atoms with Crippen molar-refractivity contribution in [3.05, 3.63) is 56.5 Å².